The highest BCUT2D eigenvalue weighted by Gasteiger charge is 2.33. The Morgan fingerprint density at radius 1 is 1.15 bits per heavy atom. The van der Waals surface area contributed by atoms with E-state index in [0.29, 0.717) is 38.5 Å². The molecule has 2 aliphatic heterocycles. The second-order valence-electron chi connectivity index (χ2n) is 5.08. The van der Waals surface area contributed by atoms with Crippen molar-refractivity contribution in [3.8, 4) is 0 Å². The third-order valence-electron chi connectivity index (χ3n) is 3.76. The monoisotopic (exact) mass is 297 g/mol. The number of hydrogen-bond donors (Lipinski definition) is 1. The quantitative estimate of drug-likeness (QED) is 0.811. The van der Waals surface area contributed by atoms with Crippen LogP contribution in [0.2, 0.25) is 0 Å². The van der Waals surface area contributed by atoms with Crippen LogP contribution in [-0.2, 0) is 21.4 Å². The van der Waals surface area contributed by atoms with E-state index in [1.54, 1.807) is 6.07 Å². The number of hydrogen-bond acceptors (Lipinski definition) is 4. The number of anilines is 2. The highest BCUT2D eigenvalue weighted by molar-refractivity contribution is 7.90. The zero-order chi connectivity index (χ0) is 14.2. The van der Waals surface area contributed by atoms with Crippen molar-refractivity contribution >= 4 is 21.6 Å². The van der Waals surface area contributed by atoms with Crippen LogP contribution in [-0.4, -0.2) is 45.6 Å². The van der Waals surface area contributed by atoms with Crippen LogP contribution in [0, 0.1) is 0 Å². The number of fused-ring (bicyclic) bond motifs is 1. The second-order valence-corrected chi connectivity index (χ2v) is 6.94. The molecule has 2 aliphatic rings. The molecule has 0 atom stereocenters. The summed E-state index contributed by atoms with van der Waals surface area (Å²) in [7, 11) is -3.48. The molecule has 1 saturated heterocycles. The van der Waals surface area contributed by atoms with Gasteiger partial charge in [0, 0.05) is 25.3 Å². The number of nitrogen functional groups attached to an aromatic ring is 1. The number of aryl methyl sites for hydroxylation is 1. The van der Waals surface area contributed by atoms with E-state index in [2.05, 4.69) is 0 Å². The summed E-state index contributed by atoms with van der Waals surface area (Å²) in [5.41, 5.74) is 8.17. The topological polar surface area (TPSA) is 75.9 Å². The molecular formula is C13H19N3O3S. The molecule has 110 valence electrons. The molecule has 0 aliphatic carbocycles. The van der Waals surface area contributed by atoms with Gasteiger partial charge in [0.05, 0.1) is 18.9 Å². The van der Waals surface area contributed by atoms with Gasteiger partial charge in [-0.2, -0.15) is 12.7 Å². The smallest absolute Gasteiger partial charge is 0.304 e. The SMILES string of the molecule is Nc1ccc2c(c1)N(S(=O)(=O)N1CCOCC1)CCC2. The fourth-order valence-electron chi connectivity index (χ4n) is 2.71. The maximum Gasteiger partial charge on any atom is 0.304 e. The number of nitrogens with zero attached hydrogens (tertiary/aromatic N) is 2. The largest absolute Gasteiger partial charge is 0.399 e. The van der Waals surface area contributed by atoms with Gasteiger partial charge in [0.15, 0.2) is 0 Å². The Kier molecular flexibility index (Phi) is 3.57. The molecule has 0 radical (unpaired) electrons. The van der Waals surface area contributed by atoms with Crippen molar-refractivity contribution in [3.05, 3.63) is 23.8 Å². The molecule has 1 fully saturated rings. The lowest BCUT2D eigenvalue weighted by molar-refractivity contribution is 0.0729. The van der Waals surface area contributed by atoms with Crippen molar-refractivity contribution in [2.75, 3.05) is 42.9 Å². The molecule has 0 saturated carbocycles. The fourth-order valence-corrected chi connectivity index (χ4v) is 4.38. The van der Waals surface area contributed by atoms with Crippen molar-refractivity contribution in [1.82, 2.24) is 4.31 Å². The van der Waals surface area contributed by atoms with E-state index in [1.807, 2.05) is 12.1 Å². The molecule has 0 unspecified atom stereocenters. The van der Waals surface area contributed by atoms with Crippen molar-refractivity contribution in [2.24, 2.45) is 0 Å². The van der Waals surface area contributed by atoms with Gasteiger partial charge in [0.2, 0.25) is 0 Å². The summed E-state index contributed by atoms with van der Waals surface area (Å²) in [6, 6.07) is 5.50. The van der Waals surface area contributed by atoms with Gasteiger partial charge >= 0.3 is 10.2 Å². The van der Waals surface area contributed by atoms with Crippen LogP contribution in [0.25, 0.3) is 0 Å². The van der Waals surface area contributed by atoms with E-state index < -0.39 is 10.2 Å². The Bertz CT molecular complexity index is 597. The first kappa shape index (κ1) is 13.7. The Balaban J connectivity index is 1.97. The minimum absolute atomic E-state index is 0.413. The van der Waals surface area contributed by atoms with Crippen molar-refractivity contribution < 1.29 is 13.2 Å². The minimum atomic E-state index is -3.48. The highest BCUT2D eigenvalue weighted by atomic mass is 32.2. The van der Waals surface area contributed by atoms with Crippen LogP contribution in [0.5, 0.6) is 0 Å². The Morgan fingerprint density at radius 2 is 1.90 bits per heavy atom. The number of morpholine rings is 1. The van der Waals surface area contributed by atoms with Crippen LogP contribution in [0.3, 0.4) is 0 Å². The van der Waals surface area contributed by atoms with Crippen LogP contribution in [0.15, 0.2) is 18.2 Å². The Labute approximate surface area is 119 Å². The van der Waals surface area contributed by atoms with Gasteiger partial charge in [-0.3, -0.25) is 4.31 Å². The van der Waals surface area contributed by atoms with Crippen molar-refractivity contribution in [1.29, 1.82) is 0 Å². The third-order valence-corrected chi connectivity index (χ3v) is 5.71. The Hall–Kier alpha value is -1.31. The lowest BCUT2D eigenvalue weighted by atomic mass is 10.0. The molecule has 1 aromatic rings. The molecule has 6 nitrogen and oxygen atoms in total. The predicted octanol–water partition coefficient (Wildman–Crippen LogP) is 0.598. The van der Waals surface area contributed by atoms with Gasteiger partial charge in [0.25, 0.3) is 0 Å². The zero-order valence-electron chi connectivity index (χ0n) is 11.3. The number of rotatable bonds is 2. The van der Waals surface area contributed by atoms with Gasteiger partial charge in [-0.15, -0.1) is 0 Å². The fraction of sp³-hybridized carbons (Fsp3) is 0.538. The average Bonchev–Trinajstić information content (AvgIpc) is 2.47. The molecule has 3 rings (SSSR count). The molecule has 1 aromatic carbocycles. The maximum absolute atomic E-state index is 12.8. The van der Waals surface area contributed by atoms with E-state index in [1.165, 1.54) is 8.61 Å². The molecule has 0 spiro atoms. The maximum atomic E-state index is 12.8. The van der Waals surface area contributed by atoms with E-state index >= 15 is 0 Å². The molecule has 20 heavy (non-hydrogen) atoms. The van der Waals surface area contributed by atoms with E-state index in [0.717, 1.165) is 24.1 Å². The molecule has 7 heteroatoms. The van der Waals surface area contributed by atoms with Gasteiger partial charge < -0.3 is 10.5 Å². The first-order valence-corrected chi connectivity index (χ1v) is 8.23. The van der Waals surface area contributed by atoms with Crippen LogP contribution < -0.4 is 10.0 Å². The van der Waals surface area contributed by atoms with Crippen molar-refractivity contribution in [3.63, 3.8) is 0 Å². The lowest BCUT2D eigenvalue weighted by Crippen LogP contribution is -2.50. The average molecular weight is 297 g/mol. The van der Waals surface area contributed by atoms with Gasteiger partial charge in [-0.1, -0.05) is 6.07 Å². The lowest BCUT2D eigenvalue weighted by Gasteiger charge is -2.36. The predicted molar refractivity (Wildman–Crippen MR) is 77.8 cm³/mol. The standard InChI is InChI=1S/C13H19N3O3S/c14-12-4-3-11-2-1-5-16(13(11)10-12)20(17,18)15-6-8-19-9-7-15/h3-4,10H,1-2,5-9,14H2. The summed E-state index contributed by atoms with van der Waals surface area (Å²) in [5, 5.41) is 0. The Morgan fingerprint density at radius 3 is 2.65 bits per heavy atom. The van der Waals surface area contributed by atoms with Crippen molar-refractivity contribution in [2.45, 2.75) is 12.8 Å². The number of benzene rings is 1. The molecule has 0 amide bonds. The molecule has 2 N–H and O–H groups in total. The minimum Gasteiger partial charge on any atom is -0.399 e. The summed E-state index contributed by atoms with van der Waals surface area (Å²) in [4.78, 5) is 0. The number of nitrogens with two attached hydrogens (primary N) is 1. The van der Waals surface area contributed by atoms with E-state index in [-0.39, 0.29) is 0 Å². The summed E-state index contributed by atoms with van der Waals surface area (Å²) in [6.45, 7) is 2.25. The highest BCUT2D eigenvalue weighted by Crippen LogP contribution is 2.32. The first-order chi connectivity index (χ1) is 9.59. The molecule has 0 aromatic heterocycles. The first-order valence-electron chi connectivity index (χ1n) is 6.83. The van der Waals surface area contributed by atoms with Gasteiger partial charge in [-0.05, 0) is 30.5 Å². The summed E-state index contributed by atoms with van der Waals surface area (Å²) in [5.74, 6) is 0. The summed E-state index contributed by atoms with van der Waals surface area (Å²) >= 11 is 0. The summed E-state index contributed by atoms with van der Waals surface area (Å²) in [6.07, 6.45) is 1.73. The third kappa shape index (κ3) is 2.36. The number of ether oxygens (including phenoxy) is 1. The summed E-state index contributed by atoms with van der Waals surface area (Å²) < 4.78 is 33.8. The van der Waals surface area contributed by atoms with Crippen LogP contribution in [0.4, 0.5) is 11.4 Å². The van der Waals surface area contributed by atoms with Gasteiger partial charge in [-0.25, -0.2) is 0 Å². The van der Waals surface area contributed by atoms with Crippen LogP contribution in [0.1, 0.15) is 12.0 Å². The second kappa shape index (κ2) is 5.23. The zero-order valence-corrected chi connectivity index (χ0v) is 12.1. The van der Waals surface area contributed by atoms with E-state index in [9.17, 15) is 8.42 Å². The van der Waals surface area contributed by atoms with Crippen LogP contribution >= 0.6 is 0 Å². The molecule has 2 heterocycles. The van der Waals surface area contributed by atoms with E-state index in [4.69, 9.17) is 10.5 Å². The normalized spacial score (nSPS) is 20.7. The van der Waals surface area contributed by atoms with Gasteiger partial charge in [0.1, 0.15) is 0 Å². The molecular weight excluding hydrogens is 278 g/mol. The molecule has 0 bridgehead atoms.